The number of hydrogen-bond donors (Lipinski definition) is 3. The molecule has 7 nitrogen and oxygen atoms in total. The number of likely N-dealkylation sites (tertiary alicyclic amines) is 1. The van der Waals surface area contributed by atoms with Crippen molar-refractivity contribution in [1.29, 1.82) is 0 Å². The van der Waals surface area contributed by atoms with Gasteiger partial charge in [0.1, 0.15) is 12.1 Å². The van der Waals surface area contributed by atoms with Gasteiger partial charge in [-0.25, -0.2) is 9.18 Å². The second-order valence-electron chi connectivity index (χ2n) is 8.46. The maximum atomic E-state index is 13.1. The average Bonchev–Trinajstić information content (AvgIpc) is 3.33. The molecule has 2 heterocycles. The Hall–Kier alpha value is -3.39. The number of carbonyl (C=O) groups excluding carboxylic acids is 1. The highest BCUT2D eigenvalue weighted by Gasteiger charge is 2.19. The molecule has 8 heteroatoms. The number of aromatic nitrogens is 1. The predicted molar refractivity (Wildman–Crippen MR) is 127 cm³/mol. The lowest BCUT2D eigenvalue weighted by molar-refractivity contribution is 0.172. The van der Waals surface area contributed by atoms with E-state index in [9.17, 15) is 9.18 Å². The van der Waals surface area contributed by atoms with Crippen molar-refractivity contribution < 1.29 is 13.7 Å². The van der Waals surface area contributed by atoms with Crippen LogP contribution in [0.2, 0.25) is 0 Å². The molecule has 0 saturated carbocycles. The zero-order chi connectivity index (χ0) is 22.9. The van der Waals surface area contributed by atoms with Crippen LogP contribution >= 0.6 is 0 Å². The summed E-state index contributed by atoms with van der Waals surface area (Å²) >= 11 is 0. The Labute approximate surface area is 193 Å². The summed E-state index contributed by atoms with van der Waals surface area (Å²) in [7, 11) is 0. The predicted octanol–water partition coefficient (Wildman–Crippen LogP) is 5.02. The van der Waals surface area contributed by atoms with E-state index in [1.165, 1.54) is 36.8 Å². The maximum Gasteiger partial charge on any atom is 0.319 e. The molecule has 0 aliphatic carbocycles. The second-order valence-corrected chi connectivity index (χ2v) is 8.46. The molecular formula is C25H30FN5O2. The minimum Gasteiger partial charge on any atom is -0.363 e. The van der Waals surface area contributed by atoms with Gasteiger partial charge in [-0.2, -0.15) is 0 Å². The third-order valence-electron chi connectivity index (χ3n) is 5.83. The third kappa shape index (κ3) is 7.32. The lowest BCUT2D eigenvalue weighted by atomic mass is 9.91. The van der Waals surface area contributed by atoms with Gasteiger partial charge in [0.05, 0.1) is 0 Å². The summed E-state index contributed by atoms with van der Waals surface area (Å²) in [4.78, 5) is 14.7. The lowest BCUT2D eigenvalue weighted by Crippen LogP contribution is -2.38. The molecular weight excluding hydrogens is 421 g/mol. The molecule has 0 radical (unpaired) electrons. The zero-order valence-corrected chi connectivity index (χ0v) is 18.6. The molecule has 1 aromatic heterocycles. The number of carbonyl (C=O) groups is 1. The van der Waals surface area contributed by atoms with Crippen LogP contribution in [0.15, 0.2) is 65.4 Å². The van der Waals surface area contributed by atoms with E-state index < -0.39 is 0 Å². The number of anilines is 3. The van der Waals surface area contributed by atoms with Gasteiger partial charge in [0, 0.05) is 30.5 Å². The van der Waals surface area contributed by atoms with Gasteiger partial charge in [0.15, 0.2) is 5.82 Å². The van der Waals surface area contributed by atoms with E-state index in [4.69, 9.17) is 4.52 Å². The molecule has 1 unspecified atom stereocenters. The van der Waals surface area contributed by atoms with Gasteiger partial charge in [-0.05, 0) is 86.7 Å². The van der Waals surface area contributed by atoms with Crippen LogP contribution in [0, 0.1) is 11.7 Å². The molecule has 1 atom stereocenters. The average molecular weight is 452 g/mol. The van der Waals surface area contributed by atoms with Crippen molar-refractivity contribution in [2.75, 3.05) is 36.8 Å². The first-order valence-electron chi connectivity index (χ1n) is 11.4. The number of nitrogens with zero attached hydrogens (tertiary/aromatic N) is 2. The van der Waals surface area contributed by atoms with E-state index in [1.807, 2.05) is 36.4 Å². The van der Waals surface area contributed by atoms with Crippen LogP contribution in [0.1, 0.15) is 24.8 Å². The monoisotopic (exact) mass is 451 g/mol. The van der Waals surface area contributed by atoms with Crippen LogP contribution in [0.5, 0.6) is 0 Å². The molecule has 1 aliphatic rings. The van der Waals surface area contributed by atoms with E-state index in [2.05, 4.69) is 26.0 Å². The van der Waals surface area contributed by atoms with Crippen LogP contribution in [0.25, 0.3) is 0 Å². The van der Waals surface area contributed by atoms with Crippen molar-refractivity contribution in [3.63, 3.8) is 0 Å². The number of halogens is 1. The van der Waals surface area contributed by atoms with Crippen LogP contribution in [-0.2, 0) is 6.42 Å². The molecule has 3 N–H and O–H groups in total. The Bertz CT molecular complexity index is 993. The topological polar surface area (TPSA) is 82.4 Å². The molecule has 174 valence electrons. The van der Waals surface area contributed by atoms with Gasteiger partial charge in [-0.1, -0.05) is 17.3 Å². The SMILES string of the molecule is O=C(NCCCN1CCCC(Cc2ccc(F)cc2)C1)Nc1ccc(Nc2ccon2)cc1. The fourth-order valence-electron chi connectivity index (χ4n) is 4.22. The van der Waals surface area contributed by atoms with Gasteiger partial charge in [-0.3, -0.25) is 0 Å². The highest BCUT2D eigenvalue weighted by Crippen LogP contribution is 2.21. The number of benzene rings is 2. The van der Waals surface area contributed by atoms with Crippen LogP contribution in [-0.4, -0.2) is 42.3 Å². The van der Waals surface area contributed by atoms with Crippen LogP contribution < -0.4 is 16.0 Å². The Morgan fingerprint density at radius 2 is 1.88 bits per heavy atom. The normalized spacial score (nSPS) is 16.3. The fraction of sp³-hybridized carbons (Fsp3) is 0.360. The summed E-state index contributed by atoms with van der Waals surface area (Å²) in [6, 6.07) is 15.8. The molecule has 2 aromatic carbocycles. The van der Waals surface area contributed by atoms with E-state index in [1.54, 1.807) is 6.07 Å². The van der Waals surface area contributed by atoms with Crippen LogP contribution in [0.4, 0.5) is 26.4 Å². The van der Waals surface area contributed by atoms with E-state index >= 15 is 0 Å². The van der Waals surface area contributed by atoms with Crippen LogP contribution in [0.3, 0.4) is 0 Å². The van der Waals surface area contributed by atoms with E-state index in [-0.39, 0.29) is 11.8 Å². The molecule has 4 rings (SSSR count). The minimum atomic E-state index is -0.208. The number of nitrogens with one attached hydrogen (secondary N) is 3. The van der Waals surface area contributed by atoms with Crippen molar-refractivity contribution in [3.05, 3.63) is 72.2 Å². The standard InChI is InChI=1S/C25H30FN5O2/c26-21-6-4-19(5-7-21)17-20-3-1-14-31(18-20)15-2-13-27-25(32)29-23-10-8-22(9-11-23)28-24-12-16-33-30-24/h4-12,16,20H,1-3,13-15,17-18H2,(H,28,30)(H2,27,29,32). The Morgan fingerprint density at radius 1 is 1.09 bits per heavy atom. The van der Waals surface area contributed by atoms with Crippen molar-refractivity contribution in [1.82, 2.24) is 15.4 Å². The highest BCUT2D eigenvalue weighted by molar-refractivity contribution is 5.89. The fourth-order valence-corrected chi connectivity index (χ4v) is 4.22. The summed E-state index contributed by atoms with van der Waals surface area (Å²) in [6.07, 6.45) is 5.78. The van der Waals surface area contributed by atoms with Crippen molar-refractivity contribution in [2.24, 2.45) is 5.92 Å². The first-order chi connectivity index (χ1) is 16.1. The van der Waals surface area contributed by atoms with E-state index in [0.29, 0.717) is 18.3 Å². The number of piperidine rings is 1. The molecule has 2 amide bonds. The highest BCUT2D eigenvalue weighted by atomic mass is 19.1. The number of hydrogen-bond acceptors (Lipinski definition) is 5. The minimum absolute atomic E-state index is 0.183. The van der Waals surface area contributed by atoms with Gasteiger partial charge in [0.2, 0.25) is 0 Å². The quantitative estimate of drug-likeness (QED) is 0.398. The maximum absolute atomic E-state index is 13.1. The van der Waals surface area contributed by atoms with Crippen molar-refractivity contribution in [2.45, 2.75) is 25.7 Å². The first kappa shape index (κ1) is 22.8. The second kappa shape index (κ2) is 11.5. The molecule has 0 spiro atoms. The number of amides is 2. The Kier molecular flexibility index (Phi) is 7.92. The Morgan fingerprint density at radius 3 is 2.64 bits per heavy atom. The summed E-state index contributed by atoms with van der Waals surface area (Å²) in [5, 5.41) is 12.7. The van der Waals surface area contributed by atoms with Crippen molar-refractivity contribution in [3.8, 4) is 0 Å². The molecule has 0 bridgehead atoms. The van der Waals surface area contributed by atoms with Gasteiger partial charge in [0.25, 0.3) is 0 Å². The summed E-state index contributed by atoms with van der Waals surface area (Å²) < 4.78 is 17.9. The summed E-state index contributed by atoms with van der Waals surface area (Å²) in [5.74, 6) is 1.05. The zero-order valence-electron chi connectivity index (χ0n) is 18.6. The van der Waals surface area contributed by atoms with Crippen molar-refractivity contribution >= 4 is 23.2 Å². The molecule has 1 fully saturated rings. The van der Waals surface area contributed by atoms with E-state index in [0.717, 1.165) is 43.9 Å². The molecule has 33 heavy (non-hydrogen) atoms. The number of rotatable bonds is 9. The molecule has 1 saturated heterocycles. The largest absolute Gasteiger partial charge is 0.363 e. The van der Waals surface area contributed by atoms with Gasteiger partial charge < -0.3 is 25.4 Å². The Balaban J connectivity index is 1.12. The third-order valence-corrected chi connectivity index (χ3v) is 5.83. The molecule has 3 aromatic rings. The first-order valence-corrected chi connectivity index (χ1v) is 11.4. The molecule has 1 aliphatic heterocycles. The lowest BCUT2D eigenvalue weighted by Gasteiger charge is -2.32. The number of urea groups is 1. The smallest absolute Gasteiger partial charge is 0.319 e. The summed E-state index contributed by atoms with van der Waals surface area (Å²) in [6.45, 7) is 3.73. The summed E-state index contributed by atoms with van der Waals surface area (Å²) in [5.41, 5.74) is 2.77. The van der Waals surface area contributed by atoms with Gasteiger partial charge in [-0.15, -0.1) is 0 Å². The van der Waals surface area contributed by atoms with Gasteiger partial charge >= 0.3 is 6.03 Å².